The van der Waals surface area contributed by atoms with E-state index in [0.29, 0.717) is 6.42 Å². The van der Waals surface area contributed by atoms with Gasteiger partial charge in [0.2, 0.25) is 0 Å². The van der Waals surface area contributed by atoms with Crippen LogP contribution in [0.3, 0.4) is 0 Å². The van der Waals surface area contributed by atoms with Gasteiger partial charge in [0, 0.05) is 12.4 Å². The van der Waals surface area contributed by atoms with Crippen molar-refractivity contribution < 1.29 is 19.4 Å². The minimum Gasteiger partial charge on any atom is -0.481 e. The number of esters is 1. The van der Waals surface area contributed by atoms with Crippen molar-refractivity contribution in [3.8, 4) is 0 Å². The van der Waals surface area contributed by atoms with E-state index in [1.165, 1.54) is 7.11 Å². The summed E-state index contributed by atoms with van der Waals surface area (Å²) in [5, 5.41) is 8.84. The molecule has 1 atom stereocenters. The first-order chi connectivity index (χ1) is 7.65. The molecule has 86 valence electrons. The van der Waals surface area contributed by atoms with E-state index in [1.54, 1.807) is 24.5 Å². The third-order valence-corrected chi connectivity index (χ3v) is 2.25. The number of carbonyl (C=O) groups is 2. The zero-order valence-corrected chi connectivity index (χ0v) is 8.92. The van der Waals surface area contributed by atoms with E-state index < -0.39 is 17.9 Å². The Hall–Kier alpha value is -1.91. The van der Waals surface area contributed by atoms with Crippen molar-refractivity contribution in [2.75, 3.05) is 7.11 Å². The van der Waals surface area contributed by atoms with Crippen LogP contribution in [0.2, 0.25) is 0 Å². The SMILES string of the molecule is COC(=O)C(CCc1ccncc1)C(=O)O. The quantitative estimate of drug-likeness (QED) is 0.592. The van der Waals surface area contributed by atoms with E-state index in [9.17, 15) is 9.59 Å². The molecule has 0 spiro atoms. The molecule has 0 aromatic carbocycles. The van der Waals surface area contributed by atoms with Crippen molar-refractivity contribution in [3.05, 3.63) is 30.1 Å². The number of rotatable bonds is 5. The second kappa shape index (κ2) is 5.85. The number of hydrogen-bond acceptors (Lipinski definition) is 4. The third-order valence-electron chi connectivity index (χ3n) is 2.25. The van der Waals surface area contributed by atoms with Crippen LogP contribution in [0.5, 0.6) is 0 Å². The van der Waals surface area contributed by atoms with Crippen LogP contribution in [-0.2, 0) is 20.7 Å². The maximum Gasteiger partial charge on any atom is 0.320 e. The minimum atomic E-state index is -1.15. The number of aryl methyl sites for hydroxylation is 1. The average Bonchev–Trinajstić information content (AvgIpc) is 2.30. The first-order valence-electron chi connectivity index (χ1n) is 4.84. The van der Waals surface area contributed by atoms with Crippen LogP contribution in [0, 0.1) is 5.92 Å². The summed E-state index contributed by atoms with van der Waals surface area (Å²) in [6.45, 7) is 0. The highest BCUT2D eigenvalue weighted by molar-refractivity contribution is 5.93. The van der Waals surface area contributed by atoms with Gasteiger partial charge in [-0.2, -0.15) is 0 Å². The summed E-state index contributed by atoms with van der Waals surface area (Å²) in [4.78, 5) is 25.8. The summed E-state index contributed by atoms with van der Waals surface area (Å²) >= 11 is 0. The van der Waals surface area contributed by atoms with Crippen molar-refractivity contribution >= 4 is 11.9 Å². The number of aliphatic carboxylic acids is 1. The molecule has 1 rings (SSSR count). The zero-order valence-electron chi connectivity index (χ0n) is 8.92. The molecule has 0 saturated carbocycles. The van der Waals surface area contributed by atoms with Crippen molar-refractivity contribution in [3.63, 3.8) is 0 Å². The molecule has 0 amide bonds. The van der Waals surface area contributed by atoms with Gasteiger partial charge in [-0.05, 0) is 30.5 Å². The van der Waals surface area contributed by atoms with Crippen molar-refractivity contribution in [2.24, 2.45) is 5.92 Å². The molecular weight excluding hydrogens is 210 g/mol. The number of aromatic nitrogens is 1. The number of methoxy groups -OCH3 is 1. The number of ether oxygens (including phenoxy) is 1. The standard InChI is InChI=1S/C11H13NO4/c1-16-11(15)9(10(13)14)3-2-8-4-6-12-7-5-8/h4-7,9H,2-3H2,1H3,(H,13,14). The summed E-state index contributed by atoms with van der Waals surface area (Å²) in [6.07, 6.45) is 3.99. The van der Waals surface area contributed by atoms with E-state index in [2.05, 4.69) is 9.72 Å². The predicted molar refractivity (Wildman–Crippen MR) is 55.7 cm³/mol. The Balaban J connectivity index is 2.57. The molecule has 5 nitrogen and oxygen atoms in total. The molecule has 0 aliphatic carbocycles. The highest BCUT2D eigenvalue weighted by atomic mass is 16.5. The molecule has 0 aliphatic rings. The van der Waals surface area contributed by atoms with Crippen molar-refractivity contribution in [2.45, 2.75) is 12.8 Å². The van der Waals surface area contributed by atoms with Gasteiger partial charge in [0.15, 0.2) is 5.92 Å². The highest BCUT2D eigenvalue weighted by Crippen LogP contribution is 2.11. The van der Waals surface area contributed by atoms with Crippen LogP contribution >= 0.6 is 0 Å². The summed E-state index contributed by atoms with van der Waals surface area (Å²) < 4.78 is 4.43. The molecule has 16 heavy (non-hydrogen) atoms. The van der Waals surface area contributed by atoms with E-state index in [0.717, 1.165) is 5.56 Å². The third kappa shape index (κ3) is 3.34. The summed E-state index contributed by atoms with van der Waals surface area (Å²) in [5.41, 5.74) is 0.949. The van der Waals surface area contributed by atoms with Gasteiger partial charge in [0.05, 0.1) is 7.11 Å². The molecule has 1 N–H and O–H groups in total. The first kappa shape index (κ1) is 12.2. The van der Waals surface area contributed by atoms with Gasteiger partial charge in [-0.1, -0.05) is 0 Å². The largest absolute Gasteiger partial charge is 0.481 e. The molecule has 0 aliphatic heterocycles. The normalized spacial score (nSPS) is 11.8. The first-order valence-corrected chi connectivity index (χ1v) is 4.84. The van der Waals surface area contributed by atoms with Gasteiger partial charge in [-0.15, -0.1) is 0 Å². The van der Waals surface area contributed by atoms with Crippen LogP contribution < -0.4 is 0 Å². The molecular formula is C11H13NO4. The lowest BCUT2D eigenvalue weighted by Crippen LogP contribution is -2.25. The van der Waals surface area contributed by atoms with Gasteiger partial charge in [0.25, 0.3) is 0 Å². The molecule has 0 bridgehead atoms. The second-order valence-corrected chi connectivity index (χ2v) is 3.31. The Labute approximate surface area is 93.1 Å². The Kier molecular flexibility index (Phi) is 4.44. The van der Waals surface area contributed by atoms with Crippen LogP contribution in [0.4, 0.5) is 0 Å². The Morgan fingerprint density at radius 1 is 1.44 bits per heavy atom. The maximum atomic E-state index is 11.2. The van der Waals surface area contributed by atoms with Gasteiger partial charge < -0.3 is 9.84 Å². The Morgan fingerprint density at radius 3 is 2.56 bits per heavy atom. The fourth-order valence-electron chi connectivity index (χ4n) is 1.34. The molecule has 0 fully saturated rings. The van der Waals surface area contributed by atoms with Gasteiger partial charge in [-0.25, -0.2) is 0 Å². The number of carbonyl (C=O) groups excluding carboxylic acids is 1. The molecule has 0 saturated heterocycles. The summed E-state index contributed by atoms with van der Waals surface area (Å²) in [7, 11) is 1.19. The topological polar surface area (TPSA) is 76.5 Å². The Morgan fingerprint density at radius 2 is 2.06 bits per heavy atom. The molecule has 1 aromatic heterocycles. The van der Waals surface area contributed by atoms with E-state index in [-0.39, 0.29) is 6.42 Å². The van der Waals surface area contributed by atoms with Gasteiger partial charge >= 0.3 is 11.9 Å². The molecule has 1 heterocycles. The van der Waals surface area contributed by atoms with Crippen LogP contribution in [0.25, 0.3) is 0 Å². The fourth-order valence-corrected chi connectivity index (χ4v) is 1.34. The molecule has 0 radical (unpaired) electrons. The van der Waals surface area contributed by atoms with E-state index in [1.807, 2.05) is 0 Å². The van der Waals surface area contributed by atoms with E-state index in [4.69, 9.17) is 5.11 Å². The zero-order chi connectivity index (χ0) is 12.0. The van der Waals surface area contributed by atoms with Crippen molar-refractivity contribution in [1.82, 2.24) is 4.98 Å². The summed E-state index contributed by atoms with van der Waals surface area (Å²) in [5.74, 6) is -2.96. The predicted octanol–water partition coefficient (Wildman–Crippen LogP) is 0.888. The lowest BCUT2D eigenvalue weighted by atomic mass is 10.0. The van der Waals surface area contributed by atoms with Gasteiger partial charge in [0.1, 0.15) is 0 Å². The molecule has 1 unspecified atom stereocenters. The van der Waals surface area contributed by atoms with Gasteiger partial charge in [-0.3, -0.25) is 14.6 Å². The van der Waals surface area contributed by atoms with E-state index >= 15 is 0 Å². The number of carboxylic acids is 1. The number of carboxylic acid groups (broad SMARTS) is 1. The average molecular weight is 223 g/mol. The highest BCUT2D eigenvalue weighted by Gasteiger charge is 2.26. The monoisotopic (exact) mass is 223 g/mol. The van der Waals surface area contributed by atoms with Crippen LogP contribution in [0.15, 0.2) is 24.5 Å². The summed E-state index contributed by atoms with van der Waals surface area (Å²) in [6, 6.07) is 3.58. The minimum absolute atomic E-state index is 0.228. The smallest absolute Gasteiger partial charge is 0.320 e. The lowest BCUT2D eigenvalue weighted by molar-refractivity contribution is -0.156. The van der Waals surface area contributed by atoms with Crippen molar-refractivity contribution in [1.29, 1.82) is 0 Å². The Bertz CT molecular complexity index is 364. The molecule has 5 heteroatoms. The van der Waals surface area contributed by atoms with Crippen LogP contribution in [-0.4, -0.2) is 29.1 Å². The number of nitrogens with zero attached hydrogens (tertiary/aromatic N) is 1. The lowest BCUT2D eigenvalue weighted by Gasteiger charge is -2.09. The fraction of sp³-hybridized carbons (Fsp3) is 0.364. The number of hydrogen-bond donors (Lipinski definition) is 1. The maximum absolute atomic E-state index is 11.2. The second-order valence-electron chi connectivity index (χ2n) is 3.31. The number of pyridine rings is 1. The molecule has 1 aromatic rings. The van der Waals surface area contributed by atoms with Crippen LogP contribution in [0.1, 0.15) is 12.0 Å².